The van der Waals surface area contributed by atoms with Crippen LogP contribution in [0.25, 0.3) is 22.6 Å². The number of hydrogen-bond acceptors (Lipinski definition) is 8. The molecule has 2 fully saturated rings. The first-order valence-corrected chi connectivity index (χ1v) is 12.8. The summed E-state index contributed by atoms with van der Waals surface area (Å²) in [6.45, 7) is 0. The number of anilines is 1. The fourth-order valence-corrected chi connectivity index (χ4v) is 6.14. The maximum absolute atomic E-state index is 14.9. The molecule has 4 aromatic rings. The zero-order valence-electron chi connectivity index (χ0n) is 19.9. The molecule has 0 radical (unpaired) electrons. The Morgan fingerprint density at radius 2 is 1.95 bits per heavy atom. The Balaban J connectivity index is 1.20. The smallest absolute Gasteiger partial charge is 0.337 e. The van der Waals surface area contributed by atoms with Crippen LogP contribution in [0, 0.1) is 23.5 Å². The monoisotopic (exact) mass is 631 g/mol. The molecule has 3 aromatic heterocycles. The number of amides is 1. The molecule has 38 heavy (non-hydrogen) atoms. The van der Waals surface area contributed by atoms with E-state index in [0.717, 1.165) is 18.8 Å². The van der Waals surface area contributed by atoms with Crippen molar-refractivity contribution in [2.75, 3.05) is 10.2 Å². The average molecular weight is 631 g/mol. The summed E-state index contributed by atoms with van der Waals surface area (Å²) >= 11 is 2.04. The van der Waals surface area contributed by atoms with Crippen molar-refractivity contribution in [1.82, 2.24) is 30.5 Å². The zero-order valence-corrected chi connectivity index (χ0v) is 22.0. The van der Waals surface area contributed by atoms with Gasteiger partial charge in [-0.3, -0.25) is 13.0 Å². The fourth-order valence-electron chi connectivity index (χ4n) is 5.16. The molecule has 3 heterocycles. The molecule has 194 valence electrons. The van der Waals surface area contributed by atoms with E-state index in [2.05, 4.69) is 30.5 Å². The number of benzene rings is 1. The Bertz CT molecular complexity index is 1580. The van der Waals surface area contributed by atoms with E-state index in [-0.39, 0.29) is 47.2 Å². The van der Waals surface area contributed by atoms with E-state index in [9.17, 15) is 18.4 Å². The number of pyridine rings is 1. The number of methoxy groups -OCH3 is 1. The number of fused-ring (bicyclic) bond motifs is 2. The molecule has 13 heteroatoms. The molecule has 1 amide bonds. The number of halogens is 3. The summed E-state index contributed by atoms with van der Waals surface area (Å²) in [7, 11) is 1.29. The van der Waals surface area contributed by atoms with E-state index >= 15 is 0 Å². The van der Waals surface area contributed by atoms with Crippen molar-refractivity contribution in [3.05, 3.63) is 65.5 Å². The molecule has 0 saturated heterocycles. The number of hydrogen-bond donors (Lipinski definition) is 2. The Kier molecular flexibility index (Phi) is 6.16. The van der Waals surface area contributed by atoms with Crippen molar-refractivity contribution in [1.29, 1.82) is 0 Å². The van der Waals surface area contributed by atoms with Gasteiger partial charge in [0.05, 0.1) is 53.3 Å². The number of esters is 1. The minimum atomic E-state index is -0.600. The standard InChI is InChI=1S/C25H20F2IN7O3/c1-38-25(37)12-4-2-3-11(5-12)24(36)31-18-8-19(15-7-14(15)18)35(28)23-17(27)10-30-22(32-23)20-16-6-13(26)9-29-21(16)34-33-20/h2-6,9-10,14-15,18-19H,7-8H2,1H3,(H,31,36)(H,29,33,34)/t14-,15+,18+,19-/m1/s1. The topological polar surface area (TPSA) is 126 Å². The Morgan fingerprint density at radius 3 is 2.76 bits per heavy atom. The number of carbonyl (C=O) groups is 2. The quantitative estimate of drug-likeness (QED) is 0.187. The van der Waals surface area contributed by atoms with Crippen molar-refractivity contribution in [3.8, 4) is 11.5 Å². The molecule has 6 rings (SSSR count). The molecule has 2 aliphatic rings. The van der Waals surface area contributed by atoms with Crippen molar-refractivity contribution in [3.63, 3.8) is 0 Å². The highest BCUT2D eigenvalue weighted by atomic mass is 127. The molecule has 10 nitrogen and oxygen atoms in total. The van der Waals surface area contributed by atoms with Gasteiger partial charge in [-0.1, -0.05) is 6.07 Å². The first-order valence-electron chi connectivity index (χ1n) is 11.8. The highest BCUT2D eigenvalue weighted by molar-refractivity contribution is 14.1. The summed E-state index contributed by atoms with van der Waals surface area (Å²) in [4.78, 5) is 37.2. The number of aromatic amines is 1. The lowest BCUT2D eigenvalue weighted by Crippen LogP contribution is -2.38. The third kappa shape index (κ3) is 4.33. The van der Waals surface area contributed by atoms with E-state index in [0.29, 0.717) is 28.6 Å². The second-order valence-corrected chi connectivity index (χ2v) is 10.4. The second kappa shape index (κ2) is 9.53. The summed E-state index contributed by atoms with van der Waals surface area (Å²) in [6, 6.07) is 7.46. The highest BCUT2D eigenvalue weighted by Crippen LogP contribution is 2.55. The normalized spacial score (nSPS) is 21.7. The number of nitrogens with zero attached hydrogens (tertiary/aromatic N) is 5. The molecule has 0 unspecified atom stereocenters. The van der Waals surface area contributed by atoms with E-state index in [1.807, 2.05) is 22.9 Å². The van der Waals surface area contributed by atoms with Gasteiger partial charge in [-0.2, -0.15) is 5.10 Å². The average Bonchev–Trinajstić information content (AvgIpc) is 3.49. The summed E-state index contributed by atoms with van der Waals surface area (Å²) in [5.74, 6) is -1.18. The Hall–Kier alpha value is -3.75. The number of carbonyl (C=O) groups excluding carboxylic acids is 2. The lowest BCUT2D eigenvalue weighted by Gasteiger charge is -2.26. The molecular formula is C25H20F2IN7O3. The van der Waals surface area contributed by atoms with Crippen molar-refractivity contribution >= 4 is 51.6 Å². The Labute approximate surface area is 228 Å². The first-order chi connectivity index (χ1) is 18.3. The van der Waals surface area contributed by atoms with Crippen LogP contribution in [0.5, 0.6) is 0 Å². The summed E-state index contributed by atoms with van der Waals surface area (Å²) in [5.41, 5.74) is 1.30. The third-order valence-corrected chi connectivity index (χ3v) is 8.25. The van der Waals surface area contributed by atoms with Gasteiger partial charge in [-0.15, -0.1) is 0 Å². The molecule has 4 atom stereocenters. The van der Waals surface area contributed by atoms with E-state index in [1.54, 1.807) is 21.3 Å². The number of H-pyrrole nitrogens is 1. The fraction of sp³-hybridized carbons (Fsp3) is 0.280. The van der Waals surface area contributed by atoms with Crippen molar-refractivity contribution in [2.24, 2.45) is 11.8 Å². The second-order valence-electron chi connectivity index (χ2n) is 9.32. The minimum Gasteiger partial charge on any atom is -0.465 e. The van der Waals surface area contributed by atoms with Crippen LogP contribution in [0.15, 0.2) is 42.7 Å². The van der Waals surface area contributed by atoms with E-state index in [4.69, 9.17) is 4.74 Å². The van der Waals surface area contributed by atoms with Gasteiger partial charge in [0.2, 0.25) is 0 Å². The van der Waals surface area contributed by atoms with Crippen molar-refractivity contribution < 1.29 is 23.1 Å². The predicted octanol–water partition coefficient (Wildman–Crippen LogP) is 3.84. The molecule has 2 aliphatic carbocycles. The number of rotatable bonds is 6. The third-order valence-electron chi connectivity index (χ3n) is 7.07. The van der Waals surface area contributed by atoms with Gasteiger partial charge in [0.25, 0.3) is 5.91 Å². The zero-order chi connectivity index (χ0) is 26.6. The maximum Gasteiger partial charge on any atom is 0.337 e. The van der Waals surface area contributed by atoms with Crippen LogP contribution in [0.4, 0.5) is 14.6 Å². The van der Waals surface area contributed by atoms with Crippen LogP contribution in [0.2, 0.25) is 0 Å². The van der Waals surface area contributed by atoms with Gasteiger partial charge in [-0.05, 0) is 48.9 Å². The van der Waals surface area contributed by atoms with Crippen LogP contribution in [0.3, 0.4) is 0 Å². The molecule has 0 aliphatic heterocycles. The van der Waals surface area contributed by atoms with E-state index in [1.165, 1.54) is 19.2 Å². The summed E-state index contributed by atoms with van der Waals surface area (Å²) in [5, 5.41) is 10.3. The van der Waals surface area contributed by atoms with Gasteiger partial charge in [0, 0.05) is 17.6 Å². The number of nitrogens with one attached hydrogen (secondary N) is 2. The number of aromatic nitrogens is 5. The highest BCUT2D eigenvalue weighted by Gasteiger charge is 2.56. The Morgan fingerprint density at radius 1 is 1.13 bits per heavy atom. The van der Waals surface area contributed by atoms with Crippen LogP contribution < -0.4 is 8.43 Å². The van der Waals surface area contributed by atoms with Crippen LogP contribution in [0.1, 0.15) is 33.6 Å². The van der Waals surface area contributed by atoms with Crippen molar-refractivity contribution in [2.45, 2.75) is 24.9 Å². The molecule has 0 bridgehead atoms. The minimum absolute atomic E-state index is 0.0698. The van der Waals surface area contributed by atoms with Crippen LogP contribution in [-0.2, 0) is 4.74 Å². The van der Waals surface area contributed by atoms with Gasteiger partial charge >= 0.3 is 5.97 Å². The predicted molar refractivity (Wildman–Crippen MR) is 140 cm³/mol. The van der Waals surface area contributed by atoms with Crippen LogP contribution in [-0.4, -0.2) is 56.2 Å². The number of ether oxygens (including phenoxy) is 1. The largest absolute Gasteiger partial charge is 0.465 e. The van der Waals surface area contributed by atoms with Gasteiger partial charge in [-0.25, -0.2) is 28.5 Å². The van der Waals surface area contributed by atoms with Crippen LogP contribution >= 0.6 is 22.9 Å². The van der Waals surface area contributed by atoms with Gasteiger partial charge in [0.15, 0.2) is 23.1 Å². The maximum atomic E-state index is 14.9. The summed E-state index contributed by atoms with van der Waals surface area (Å²) in [6.07, 6.45) is 3.64. The van der Waals surface area contributed by atoms with E-state index < -0.39 is 17.6 Å². The van der Waals surface area contributed by atoms with Gasteiger partial charge < -0.3 is 10.1 Å². The molecule has 0 spiro atoms. The summed E-state index contributed by atoms with van der Waals surface area (Å²) < 4.78 is 35.2. The molecule has 2 saturated carbocycles. The molecule has 2 N–H and O–H groups in total. The lowest BCUT2D eigenvalue weighted by molar-refractivity contribution is 0.0600. The van der Waals surface area contributed by atoms with Gasteiger partial charge in [0.1, 0.15) is 11.5 Å². The molecular weight excluding hydrogens is 611 g/mol. The molecule has 1 aromatic carbocycles. The SMILES string of the molecule is COC(=O)c1cccc(C(=O)N[C@H]2C[C@@H](N(I)c3nc(-c4n[nH]c5ncc(F)cc45)ncc3F)[C@H]3C[C@H]32)c1. The first kappa shape index (κ1) is 24.6. The lowest BCUT2D eigenvalue weighted by atomic mass is 10.1.